The summed E-state index contributed by atoms with van der Waals surface area (Å²) >= 11 is 1.23. The van der Waals surface area contributed by atoms with Crippen molar-refractivity contribution < 1.29 is 17.9 Å². The van der Waals surface area contributed by atoms with E-state index in [1.165, 1.54) is 35.8 Å². The normalized spacial score (nSPS) is 11.7. The number of ether oxygens (including phenoxy) is 1. The molecule has 2 rings (SSSR count). The van der Waals surface area contributed by atoms with Crippen LogP contribution in [0, 0.1) is 6.92 Å². The second kappa shape index (κ2) is 8.29. The van der Waals surface area contributed by atoms with Crippen molar-refractivity contribution in [1.29, 1.82) is 0 Å². The molecule has 11 heteroatoms. The van der Waals surface area contributed by atoms with Crippen LogP contribution < -0.4 is 15.8 Å². The number of aromatic nitrogens is 2. The molecule has 0 unspecified atom stereocenters. The van der Waals surface area contributed by atoms with E-state index < -0.39 is 6.36 Å². The number of nitrogens with zero attached hydrogens (tertiary/aromatic N) is 3. The van der Waals surface area contributed by atoms with Crippen LogP contribution in [0.3, 0.4) is 0 Å². The first-order chi connectivity index (χ1) is 10.3. The van der Waals surface area contributed by atoms with E-state index in [9.17, 15) is 13.2 Å². The second-order valence-corrected chi connectivity index (χ2v) is 5.02. The molecule has 0 radical (unpaired) electrons. The summed E-state index contributed by atoms with van der Waals surface area (Å²) in [4.78, 5) is 4.99. The standard InChI is InChI=1S/C12H12F3N5OS.HI/c1-7-10(22-20-19-7)6-17-11(16)18-8-2-4-9(5-3-8)21-12(13,14)15;/h2-5H,6H2,1H3,(H3,16,17,18);1H. The summed E-state index contributed by atoms with van der Waals surface area (Å²) in [6.07, 6.45) is -4.71. The van der Waals surface area contributed by atoms with Crippen molar-refractivity contribution in [3.8, 4) is 5.75 Å². The number of anilines is 1. The Labute approximate surface area is 151 Å². The first-order valence-corrected chi connectivity index (χ1v) is 6.81. The number of aryl methyl sites for hydroxylation is 1. The minimum absolute atomic E-state index is 0. The highest BCUT2D eigenvalue weighted by Gasteiger charge is 2.30. The number of nitrogens with one attached hydrogen (secondary N) is 1. The van der Waals surface area contributed by atoms with Crippen molar-refractivity contribution in [2.24, 2.45) is 10.7 Å². The molecular formula is C12H13F3IN5OS. The molecule has 0 saturated carbocycles. The molecule has 0 amide bonds. The molecule has 0 bridgehead atoms. The summed E-state index contributed by atoms with van der Waals surface area (Å²) < 4.78 is 43.6. The summed E-state index contributed by atoms with van der Waals surface area (Å²) in [6, 6.07) is 5.17. The van der Waals surface area contributed by atoms with Crippen LogP contribution in [0.5, 0.6) is 5.75 Å². The zero-order valence-corrected chi connectivity index (χ0v) is 14.9. The zero-order valence-electron chi connectivity index (χ0n) is 11.8. The number of hydrogen-bond acceptors (Lipinski definition) is 5. The third-order valence-electron chi connectivity index (χ3n) is 2.50. The number of guanidine groups is 1. The molecule has 1 aromatic carbocycles. The molecule has 0 saturated heterocycles. The van der Waals surface area contributed by atoms with Gasteiger partial charge in [0.2, 0.25) is 0 Å². The van der Waals surface area contributed by atoms with Gasteiger partial charge in [-0.1, -0.05) is 4.49 Å². The van der Waals surface area contributed by atoms with E-state index in [-0.39, 0.29) is 35.7 Å². The molecule has 0 aliphatic rings. The summed E-state index contributed by atoms with van der Waals surface area (Å²) in [7, 11) is 0. The predicted octanol–water partition coefficient (Wildman–Crippen LogP) is 3.29. The van der Waals surface area contributed by atoms with Crippen molar-refractivity contribution in [3.63, 3.8) is 0 Å². The fourth-order valence-electron chi connectivity index (χ4n) is 1.48. The van der Waals surface area contributed by atoms with E-state index in [2.05, 4.69) is 24.6 Å². The van der Waals surface area contributed by atoms with Crippen molar-refractivity contribution in [1.82, 2.24) is 9.59 Å². The molecule has 2 aromatic rings. The maximum absolute atomic E-state index is 12.0. The van der Waals surface area contributed by atoms with Crippen LogP contribution in [0.15, 0.2) is 29.3 Å². The number of alkyl halides is 3. The molecule has 23 heavy (non-hydrogen) atoms. The largest absolute Gasteiger partial charge is 0.573 e. The van der Waals surface area contributed by atoms with Crippen LogP contribution in [-0.4, -0.2) is 21.9 Å². The van der Waals surface area contributed by atoms with Crippen molar-refractivity contribution in [2.75, 3.05) is 5.32 Å². The predicted molar refractivity (Wildman–Crippen MR) is 92.1 cm³/mol. The van der Waals surface area contributed by atoms with E-state index in [0.29, 0.717) is 12.2 Å². The summed E-state index contributed by atoms with van der Waals surface area (Å²) in [5.41, 5.74) is 6.99. The Morgan fingerprint density at radius 3 is 2.52 bits per heavy atom. The number of aliphatic imine (C=N–C) groups is 1. The van der Waals surface area contributed by atoms with Gasteiger partial charge in [-0.05, 0) is 42.7 Å². The Morgan fingerprint density at radius 2 is 2.00 bits per heavy atom. The van der Waals surface area contributed by atoms with Crippen molar-refractivity contribution >= 4 is 47.2 Å². The van der Waals surface area contributed by atoms with Gasteiger partial charge in [0, 0.05) is 5.69 Å². The fraction of sp³-hybridized carbons (Fsp3) is 0.250. The van der Waals surface area contributed by atoms with E-state index in [4.69, 9.17) is 5.73 Å². The van der Waals surface area contributed by atoms with Gasteiger partial charge in [-0.15, -0.1) is 42.2 Å². The van der Waals surface area contributed by atoms with Gasteiger partial charge in [0.25, 0.3) is 0 Å². The maximum atomic E-state index is 12.0. The Kier molecular flexibility index (Phi) is 7.00. The van der Waals surface area contributed by atoms with Crippen molar-refractivity contribution in [2.45, 2.75) is 19.8 Å². The molecule has 1 aromatic heterocycles. The molecule has 126 valence electrons. The molecule has 0 spiro atoms. The van der Waals surface area contributed by atoms with Crippen LogP contribution in [-0.2, 0) is 6.54 Å². The van der Waals surface area contributed by atoms with Gasteiger partial charge in [-0.3, -0.25) is 0 Å². The topological polar surface area (TPSA) is 85.4 Å². The lowest BCUT2D eigenvalue weighted by molar-refractivity contribution is -0.274. The SMILES string of the molecule is Cc1nnsc1CN=C(N)Nc1ccc(OC(F)(F)F)cc1.I. The smallest absolute Gasteiger partial charge is 0.406 e. The van der Waals surface area contributed by atoms with Gasteiger partial charge in [0.15, 0.2) is 5.96 Å². The van der Waals surface area contributed by atoms with Gasteiger partial charge >= 0.3 is 6.36 Å². The van der Waals surface area contributed by atoms with Gasteiger partial charge in [-0.2, -0.15) is 0 Å². The molecule has 3 N–H and O–H groups in total. The third-order valence-corrected chi connectivity index (χ3v) is 3.31. The molecule has 6 nitrogen and oxygen atoms in total. The highest BCUT2D eigenvalue weighted by atomic mass is 127. The number of halogens is 4. The average Bonchev–Trinajstić information content (AvgIpc) is 2.83. The van der Waals surface area contributed by atoms with Crippen LogP contribution >= 0.6 is 35.5 Å². The highest BCUT2D eigenvalue weighted by molar-refractivity contribution is 14.0. The second-order valence-electron chi connectivity index (χ2n) is 4.18. The summed E-state index contributed by atoms with van der Waals surface area (Å²) in [6.45, 7) is 2.15. The number of rotatable bonds is 4. The summed E-state index contributed by atoms with van der Waals surface area (Å²) in [5.74, 6) is -0.169. The fourth-order valence-corrected chi connectivity index (χ4v) is 2.04. The lowest BCUT2D eigenvalue weighted by Gasteiger charge is -2.10. The average molecular weight is 459 g/mol. The van der Waals surface area contributed by atoms with Crippen LogP contribution in [0.1, 0.15) is 10.6 Å². The van der Waals surface area contributed by atoms with E-state index in [1.807, 2.05) is 6.92 Å². The number of benzene rings is 1. The Balaban J connectivity index is 0.00000264. The zero-order chi connectivity index (χ0) is 16.2. The van der Waals surface area contributed by atoms with Crippen LogP contribution in [0.4, 0.5) is 18.9 Å². The molecule has 0 fully saturated rings. The van der Waals surface area contributed by atoms with Gasteiger partial charge < -0.3 is 15.8 Å². The first-order valence-electron chi connectivity index (χ1n) is 6.04. The quantitative estimate of drug-likeness (QED) is 0.417. The summed E-state index contributed by atoms with van der Waals surface area (Å²) in [5, 5.41) is 6.62. The minimum Gasteiger partial charge on any atom is -0.406 e. The van der Waals surface area contributed by atoms with E-state index >= 15 is 0 Å². The molecule has 0 aliphatic carbocycles. The van der Waals surface area contributed by atoms with Crippen LogP contribution in [0.25, 0.3) is 0 Å². The lowest BCUT2D eigenvalue weighted by atomic mass is 10.3. The number of nitrogens with two attached hydrogens (primary N) is 1. The third kappa shape index (κ3) is 6.56. The lowest BCUT2D eigenvalue weighted by Crippen LogP contribution is -2.22. The number of hydrogen-bond donors (Lipinski definition) is 2. The Morgan fingerprint density at radius 1 is 1.35 bits per heavy atom. The Hall–Kier alpha value is -1.63. The molecular weight excluding hydrogens is 446 g/mol. The van der Waals surface area contributed by atoms with Crippen molar-refractivity contribution in [3.05, 3.63) is 34.8 Å². The van der Waals surface area contributed by atoms with E-state index in [1.54, 1.807) is 0 Å². The minimum atomic E-state index is -4.71. The van der Waals surface area contributed by atoms with E-state index in [0.717, 1.165) is 10.6 Å². The molecule has 1 heterocycles. The highest BCUT2D eigenvalue weighted by Crippen LogP contribution is 2.23. The Bertz CT molecular complexity index is 659. The maximum Gasteiger partial charge on any atom is 0.573 e. The van der Waals surface area contributed by atoms with Crippen LogP contribution in [0.2, 0.25) is 0 Å². The molecule has 0 aliphatic heterocycles. The molecule has 0 atom stereocenters. The van der Waals surface area contributed by atoms with Gasteiger partial charge in [0.05, 0.1) is 17.1 Å². The van der Waals surface area contributed by atoms with Gasteiger partial charge in [0.1, 0.15) is 5.75 Å². The van der Waals surface area contributed by atoms with Gasteiger partial charge in [-0.25, -0.2) is 4.99 Å². The first kappa shape index (κ1) is 19.4. The monoisotopic (exact) mass is 459 g/mol.